The second kappa shape index (κ2) is 7.92. The van der Waals surface area contributed by atoms with Crippen molar-refractivity contribution in [1.29, 1.82) is 0 Å². The molecule has 0 N–H and O–H groups in total. The van der Waals surface area contributed by atoms with Crippen LogP contribution in [0.5, 0.6) is 5.75 Å². The highest BCUT2D eigenvalue weighted by atomic mass is 16.5. The van der Waals surface area contributed by atoms with Crippen molar-refractivity contribution in [3.05, 3.63) is 65.7 Å². The van der Waals surface area contributed by atoms with E-state index in [1.54, 1.807) is 0 Å². The molecule has 4 heteroatoms. The standard InChI is InChI=1S/C22H26N2O2/c25-22(20-11-4-5-12-21(20)26-19-9-6-10-19)24-15-13-23(14-16-24)17-18-7-2-1-3-8-18/h1-5,7-8,11-12,19H,6,9-10,13-17H2. The average Bonchev–Trinajstić information content (AvgIpc) is 2.66. The molecule has 1 aliphatic carbocycles. The lowest BCUT2D eigenvalue weighted by molar-refractivity contribution is 0.0614. The SMILES string of the molecule is O=C(c1ccccc1OC1CCC1)N1CCN(Cc2ccccc2)CC1. The van der Waals surface area contributed by atoms with Gasteiger partial charge in [-0.25, -0.2) is 0 Å². The highest BCUT2D eigenvalue weighted by Crippen LogP contribution is 2.28. The molecular weight excluding hydrogens is 324 g/mol. The summed E-state index contributed by atoms with van der Waals surface area (Å²) in [5.41, 5.74) is 2.03. The second-order valence-electron chi connectivity index (χ2n) is 7.22. The van der Waals surface area contributed by atoms with Gasteiger partial charge in [0.15, 0.2) is 0 Å². The van der Waals surface area contributed by atoms with E-state index in [0.29, 0.717) is 5.56 Å². The van der Waals surface area contributed by atoms with Crippen molar-refractivity contribution in [2.45, 2.75) is 31.9 Å². The number of ether oxygens (including phenoxy) is 1. The molecule has 136 valence electrons. The molecule has 1 saturated carbocycles. The maximum absolute atomic E-state index is 13.0. The van der Waals surface area contributed by atoms with Crippen molar-refractivity contribution < 1.29 is 9.53 Å². The number of piperazine rings is 1. The fourth-order valence-corrected chi connectivity index (χ4v) is 3.54. The Bertz CT molecular complexity index is 735. The van der Waals surface area contributed by atoms with Gasteiger partial charge in [0.05, 0.1) is 11.7 Å². The number of hydrogen-bond acceptors (Lipinski definition) is 3. The number of para-hydroxylation sites is 1. The van der Waals surface area contributed by atoms with Crippen LogP contribution in [0.2, 0.25) is 0 Å². The molecule has 2 aromatic rings. The van der Waals surface area contributed by atoms with Gasteiger partial charge in [-0.2, -0.15) is 0 Å². The molecule has 1 heterocycles. The van der Waals surface area contributed by atoms with E-state index < -0.39 is 0 Å². The third kappa shape index (κ3) is 3.91. The van der Waals surface area contributed by atoms with Crippen LogP contribution in [-0.4, -0.2) is 48.0 Å². The first-order valence-corrected chi connectivity index (χ1v) is 9.61. The largest absolute Gasteiger partial charge is 0.490 e. The predicted molar refractivity (Wildman–Crippen MR) is 102 cm³/mol. The van der Waals surface area contributed by atoms with Gasteiger partial charge in [-0.05, 0) is 37.0 Å². The molecule has 0 aromatic heterocycles. The molecular formula is C22H26N2O2. The number of carbonyl (C=O) groups is 1. The third-order valence-electron chi connectivity index (χ3n) is 5.37. The Hall–Kier alpha value is -2.33. The summed E-state index contributed by atoms with van der Waals surface area (Å²) < 4.78 is 6.04. The van der Waals surface area contributed by atoms with Crippen LogP contribution in [0.15, 0.2) is 54.6 Å². The van der Waals surface area contributed by atoms with Gasteiger partial charge < -0.3 is 9.64 Å². The molecule has 0 unspecified atom stereocenters. The van der Waals surface area contributed by atoms with E-state index in [0.717, 1.165) is 51.3 Å². The van der Waals surface area contributed by atoms with Gasteiger partial charge in [-0.1, -0.05) is 42.5 Å². The lowest BCUT2D eigenvalue weighted by Gasteiger charge is -2.35. The van der Waals surface area contributed by atoms with Gasteiger partial charge in [0, 0.05) is 32.7 Å². The minimum Gasteiger partial charge on any atom is -0.490 e. The Labute approximate surface area is 155 Å². The summed E-state index contributed by atoms with van der Waals surface area (Å²) in [5.74, 6) is 0.841. The monoisotopic (exact) mass is 350 g/mol. The van der Waals surface area contributed by atoms with E-state index in [1.807, 2.05) is 35.2 Å². The molecule has 1 aliphatic heterocycles. The molecule has 0 spiro atoms. The number of rotatable bonds is 5. The van der Waals surface area contributed by atoms with Gasteiger partial charge in [-0.15, -0.1) is 0 Å². The molecule has 2 aromatic carbocycles. The Balaban J connectivity index is 1.36. The van der Waals surface area contributed by atoms with Crippen molar-refractivity contribution in [2.24, 2.45) is 0 Å². The predicted octanol–water partition coefficient (Wildman–Crippen LogP) is 3.58. The summed E-state index contributed by atoms with van der Waals surface area (Å²) in [6.07, 6.45) is 3.71. The zero-order valence-corrected chi connectivity index (χ0v) is 15.1. The summed E-state index contributed by atoms with van der Waals surface area (Å²) in [6.45, 7) is 4.30. The lowest BCUT2D eigenvalue weighted by atomic mass is 9.96. The summed E-state index contributed by atoms with van der Waals surface area (Å²) in [4.78, 5) is 17.4. The number of carbonyl (C=O) groups excluding carboxylic acids is 1. The fraction of sp³-hybridized carbons (Fsp3) is 0.409. The van der Waals surface area contributed by atoms with E-state index in [2.05, 4.69) is 29.2 Å². The maximum Gasteiger partial charge on any atom is 0.257 e. The molecule has 26 heavy (non-hydrogen) atoms. The summed E-state index contributed by atoms with van der Waals surface area (Å²) in [6, 6.07) is 18.2. The zero-order chi connectivity index (χ0) is 17.8. The smallest absolute Gasteiger partial charge is 0.257 e. The number of hydrogen-bond donors (Lipinski definition) is 0. The zero-order valence-electron chi connectivity index (χ0n) is 15.1. The second-order valence-corrected chi connectivity index (χ2v) is 7.22. The first-order chi connectivity index (χ1) is 12.8. The van der Waals surface area contributed by atoms with Crippen LogP contribution in [0, 0.1) is 0 Å². The first kappa shape index (κ1) is 17.1. The van der Waals surface area contributed by atoms with Crippen molar-refractivity contribution in [2.75, 3.05) is 26.2 Å². The van der Waals surface area contributed by atoms with Gasteiger partial charge in [0.25, 0.3) is 5.91 Å². The average molecular weight is 350 g/mol. The lowest BCUT2D eigenvalue weighted by Crippen LogP contribution is -2.48. The quantitative estimate of drug-likeness (QED) is 0.826. The van der Waals surface area contributed by atoms with Crippen molar-refractivity contribution >= 4 is 5.91 Å². The Morgan fingerprint density at radius 2 is 1.62 bits per heavy atom. The van der Waals surface area contributed by atoms with E-state index >= 15 is 0 Å². The maximum atomic E-state index is 13.0. The molecule has 2 aliphatic rings. The minimum atomic E-state index is 0.0966. The van der Waals surface area contributed by atoms with Crippen LogP contribution in [0.4, 0.5) is 0 Å². The van der Waals surface area contributed by atoms with Crippen LogP contribution in [0.3, 0.4) is 0 Å². The van der Waals surface area contributed by atoms with Crippen LogP contribution in [0.25, 0.3) is 0 Å². The van der Waals surface area contributed by atoms with E-state index in [9.17, 15) is 4.79 Å². The van der Waals surface area contributed by atoms with E-state index in [4.69, 9.17) is 4.74 Å². The highest BCUT2D eigenvalue weighted by Gasteiger charge is 2.26. The Morgan fingerprint density at radius 1 is 0.923 bits per heavy atom. The summed E-state index contributed by atoms with van der Waals surface area (Å²) >= 11 is 0. The molecule has 1 saturated heterocycles. The summed E-state index contributed by atoms with van der Waals surface area (Å²) in [5, 5.41) is 0. The third-order valence-corrected chi connectivity index (χ3v) is 5.37. The van der Waals surface area contributed by atoms with Crippen molar-refractivity contribution in [3.63, 3.8) is 0 Å². The van der Waals surface area contributed by atoms with Crippen LogP contribution in [0.1, 0.15) is 35.2 Å². The van der Waals surface area contributed by atoms with Crippen LogP contribution >= 0.6 is 0 Å². The first-order valence-electron chi connectivity index (χ1n) is 9.61. The topological polar surface area (TPSA) is 32.8 Å². The van der Waals surface area contributed by atoms with E-state index in [1.165, 1.54) is 12.0 Å². The normalized spacial score (nSPS) is 18.4. The molecule has 0 bridgehead atoms. The van der Waals surface area contributed by atoms with Crippen LogP contribution < -0.4 is 4.74 Å². The van der Waals surface area contributed by atoms with Crippen LogP contribution in [-0.2, 0) is 6.54 Å². The molecule has 0 radical (unpaired) electrons. The molecule has 4 rings (SSSR count). The van der Waals surface area contributed by atoms with Crippen molar-refractivity contribution in [1.82, 2.24) is 9.80 Å². The Morgan fingerprint density at radius 3 is 2.31 bits per heavy atom. The number of nitrogens with zero attached hydrogens (tertiary/aromatic N) is 2. The highest BCUT2D eigenvalue weighted by molar-refractivity contribution is 5.97. The number of amides is 1. The Kier molecular flexibility index (Phi) is 5.21. The van der Waals surface area contributed by atoms with Crippen molar-refractivity contribution in [3.8, 4) is 5.75 Å². The molecule has 2 fully saturated rings. The fourth-order valence-electron chi connectivity index (χ4n) is 3.54. The molecule has 0 atom stereocenters. The van der Waals surface area contributed by atoms with Gasteiger partial charge in [0.1, 0.15) is 5.75 Å². The van der Waals surface area contributed by atoms with Gasteiger partial charge >= 0.3 is 0 Å². The molecule has 4 nitrogen and oxygen atoms in total. The van der Waals surface area contributed by atoms with E-state index in [-0.39, 0.29) is 12.0 Å². The minimum absolute atomic E-state index is 0.0966. The summed E-state index contributed by atoms with van der Waals surface area (Å²) in [7, 11) is 0. The van der Waals surface area contributed by atoms with Gasteiger partial charge in [-0.3, -0.25) is 9.69 Å². The molecule has 1 amide bonds. The number of benzene rings is 2. The van der Waals surface area contributed by atoms with Gasteiger partial charge in [0.2, 0.25) is 0 Å².